The minimum atomic E-state index is -5.16. The number of hydrogen-bond acceptors (Lipinski definition) is 5. The number of ether oxygens (including phenoxy) is 2. The second-order valence-corrected chi connectivity index (χ2v) is 4.87. The number of aromatic nitrogens is 1. The van der Waals surface area contributed by atoms with Crippen LogP contribution in [0.2, 0.25) is 0 Å². The summed E-state index contributed by atoms with van der Waals surface area (Å²) in [7, 11) is 0. The van der Waals surface area contributed by atoms with E-state index < -0.39 is 30.1 Å². The average Bonchev–Trinajstić information content (AvgIpc) is 2.89. The first kappa shape index (κ1) is 17.0. The summed E-state index contributed by atoms with van der Waals surface area (Å²) >= 11 is 0.463. The molecule has 10 heteroatoms. The highest BCUT2D eigenvalue weighted by atomic mass is 32.1. The molecule has 0 fully saturated rings. The zero-order chi connectivity index (χ0) is 17.1. The summed E-state index contributed by atoms with van der Waals surface area (Å²) in [5, 5.41) is 8.76. The van der Waals surface area contributed by atoms with Gasteiger partial charge in [0.2, 0.25) is 5.06 Å². The van der Waals surface area contributed by atoms with Crippen molar-refractivity contribution in [1.82, 2.24) is 4.37 Å². The van der Waals surface area contributed by atoms with Crippen molar-refractivity contribution >= 4 is 11.5 Å². The number of rotatable bonds is 6. The van der Waals surface area contributed by atoms with Gasteiger partial charge in [-0.15, -0.1) is 0 Å². The molecule has 23 heavy (non-hydrogen) atoms. The standard InChI is InChI=1S/C13H7F5N2O2S/c14-7-12(15,16)13(17,18)22-10-9(6-19)11(23-20-10)21-8-4-2-1-3-5-8/h1-5H,7H2. The number of hydrogen-bond donors (Lipinski definition) is 0. The van der Waals surface area contributed by atoms with Gasteiger partial charge in [-0.05, 0) is 12.1 Å². The van der Waals surface area contributed by atoms with Crippen molar-refractivity contribution in [2.75, 3.05) is 6.67 Å². The lowest BCUT2D eigenvalue weighted by atomic mass is 10.3. The van der Waals surface area contributed by atoms with Crippen molar-refractivity contribution in [2.24, 2.45) is 0 Å². The molecule has 2 aromatic rings. The smallest absolute Gasteiger partial charge is 0.444 e. The lowest BCUT2D eigenvalue weighted by Crippen LogP contribution is -2.47. The summed E-state index contributed by atoms with van der Waals surface area (Å²) in [6.45, 7) is -2.63. The maximum atomic E-state index is 13.2. The Balaban J connectivity index is 2.27. The highest BCUT2D eigenvalue weighted by molar-refractivity contribution is 7.08. The van der Waals surface area contributed by atoms with E-state index in [1.54, 1.807) is 18.2 Å². The van der Waals surface area contributed by atoms with Crippen LogP contribution in [0.5, 0.6) is 16.7 Å². The molecule has 1 aromatic carbocycles. The van der Waals surface area contributed by atoms with Crippen molar-refractivity contribution in [3.05, 3.63) is 35.9 Å². The Bertz CT molecular complexity index is 715. The van der Waals surface area contributed by atoms with Gasteiger partial charge in [0.1, 0.15) is 11.8 Å². The molecule has 0 unspecified atom stereocenters. The van der Waals surface area contributed by atoms with Crippen LogP contribution in [0.1, 0.15) is 5.56 Å². The fourth-order valence-corrected chi connectivity index (χ4v) is 2.02. The van der Waals surface area contributed by atoms with Crippen molar-refractivity contribution in [3.8, 4) is 22.8 Å². The van der Waals surface area contributed by atoms with Gasteiger partial charge in [-0.2, -0.15) is 27.2 Å². The molecule has 0 bridgehead atoms. The zero-order valence-electron chi connectivity index (χ0n) is 11.1. The lowest BCUT2D eigenvalue weighted by molar-refractivity contribution is -0.313. The van der Waals surface area contributed by atoms with Crippen LogP contribution >= 0.6 is 11.5 Å². The molecular formula is C13H7F5N2O2S. The molecule has 2 rings (SSSR count). The van der Waals surface area contributed by atoms with Crippen LogP contribution in [0.15, 0.2) is 30.3 Å². The summed E-state index contributed by atoms with van der Waals surface area (Å²) in [5.74, 6) is -5.83. The van der Waals surface area contributed by atoms with Crippen LogP contribution in [0.4, 0.5) is 22.0 Å². The zero-order valence-corrected chi connectivity index (χ0v) is 11.9. The molecule has 0 aliphatic heterocycles. The molecule has 0 atom stereocenters. The monoisotopic (exact) mass is 350 g/mol. The largest absolute Gasteiger partial charge is 0.468 e. The molecule has 0 radical (unpaired) electrons. The molecule has 0 aliphatic carbocycles. The fraction of sp³-hybridized carbons (Fsp3) is 0.231. The molecule has 4 nitrogen and oxygen atoms in total. The molecule has 0 saturated heterocycles. The number of benzene rings is 1. The maximum absolute atomic E-state index is 13.2. The second kappa shape index (κ2) is 6.37. The number of halogens is 5. The number of alkyl halides is 5. The molecule has 0 aliphatic rings. The van der Waals surface area contributed by atoms with Crippen LogP contribution in [0.25, 0.3) is 0 Å². The first-order chi connectivity index (χ1) is 10.8. The van der Waals surface area contributed by atoms with E-state index in [1.165, 1.54) is 18.2 Å². The Morgan fingerprint density at radius 1 is 1.17 bits per heavy atom. The fourth-order valence-electron chi connectivity index (χ4n) is 1.36. The van der Waals surface area contributed by atoms with E-state index in [9.17, 15) is 22.0 Å². The Hall–Kier alpha value is -2.41. The summed E-state index contributed by atoms with van der Waals surface area (Å²) in [6, 6.07) is 9.46. The van der Waals surface area contributed by atoms with Crippen LogP contribution < -0.4 is 9.47 Å². The highest BCUT2D eigenvalue weighted by Crippen LogP contribution is 2.41. The van der Waals surface area contributed by atoms with E-state index in [1.807, 2.05) is 0 Å². The first-order valence-electron chi connectivity index (χ1n) is 5.94. The van der Waals surface area contributed by atoms with Crippen molar-refractivity contribution in [3.63, 3.8) is 0 Å². The van der Waals surface area contributed by atoms with Crippen LogP contribution in [-0.2, 0) is 0 Å². The van der Waals surface area contributed by atoms with Crippen molar-refractivity contribution in [1.29, 1.82) is 5.26 Å². The highest BCUT2D eigenvalue weighted by Gasteiger charge is 2.60. The minimum absolute atomic E-state index is 0.215. The van der Waals surface area contributed by atoms with E-state index in [-0.39, 0.29) is 10.8 Å². The van der Waals surface area contributed by atoms with Gasteiger partial charge < -0.3 is 9.47 Å². The Morgan fingerprint density at radius 3 is 2.39 bits per heavy atom. The van der Waals surface area contributed by atoms with Gasteiger partial charge in [0, 0.05) is 11.5 Å². The van der Waals surface area contributed by atoms with Gasteiger partial charge in [-0.3, -0.25) is 0 Å². The summed E-state index contributed by atoms with van der Waals surface area (Å²) in [4.78, 5) is 0. The Labute approximate surface area is 130 Å². The van der Waals surface area contributed by atoms with Crippen LogP contribution in [-0.4, -0.2) is 23.1 Å². The maximum Gasteiger partial charge on any atom is 0.468 e. The summed E-state index contributed by atoms with van der Waals surface area (Å²) in [6.07, 6.45) is -5.16. The van der Waals surface area contributed by atoms with Gasteiger partial charge in [0.25, 0.3) is 5.88 Å². The molecule has 0 saturated carbocycles. The number of nitriles is 1. The molecule has 0 spiro atoms. The molecule has 1 aromatic heterocycles. The summed E-state index contributed by atoms with van der Waals surface area (Å²) in [5.41, 5.74) is -0.590. The van der Waals surface area contributed by atoms with E-state index in [4.69, 9.17) is 10.00 Å². The molecule has 1 heterocycles. The third-order valence-corrected chi connectivity index (χ3v) is 3.22. The molecule has 122 valence electrons. The SMILES string of the molecule is N#Cc1c(OC(F)(F)C(F)(F)CF)nsc1Oc1ccccc1. The topological polar surface area (TPSA) is 55.1 Å². The van der Waals surface area contributed by atoms with E-state index >= 15 is 0 Å². The van der Waals surface area contributed by atoms with Gasteiger partial charge in [-0.1, -0.05) is 18.2 Å². The third-order valence-electron chi connectivity index (χ3n) is 2.51. The van der Waals surface area contributed by atoms with Gasteiger partial charge in [0.05, 0.1) is 0 Å². The Kier molecular flexibility index (Phi) is 4.70. The molecule has 0 N–H and O–H groups in total. The second-order valence-electron chi connectivity index (χ2n) is 4.13. The number of para-hydroxylation sites is 1. The molecule has 0 amide bonds. The summed E-state index contributed by atoms with van der Waals surface area (Å²) < 4.78 is 76.5. The minimum Gasteiger partial charge on any atom is -0.444 e. The Morgan fingerprint density at radius 2 is 1.83 bits per heavy atom. The molecular weight excluding hydrogens is 343 g/mol. The average molecular weight is 350 g/mol. The van der Waals surface area contributed by atoms with E-state index in [0.29, 0.717) is 11.5 Å². The number of nitrogens with zero attached hydrogens (tertiary/aromatic N) is 2. The van der Waals surface area contributed by atoms with Crippen LogP contribution in [0, 0.1) is 11.3 Å². The van der Waals surface area contributed by atoms with Crippen molar-refractivity contribution in [2.45, 2.75) is 12.0 Å². The third kappa shape index (κ3) is 3.50. The van der Waals surface area contributed by atoms with E-state index in [0.717, 1.165) is 0 Å². The van der Waals surface area contributed by atoms with Gasteiger partial charge >= 0.3 is 12.0 Å². The van der Waals surface area contributed by atoms with Crippen molar-refractivity contribution < 1.29 is 31.4 Å². The lowest BCUT2D eigenvalue weighted by Gasteiger charge is -2.23. The van der Waals surface area contributed by atoms with Crippen LogP contribution in [0.3, 0.4) is 0 Å². The first-order valence-corrected chi connectivity index (χ1v) is 6.71. The van der Waals surface area contributed by atoms with E-state index in [2.05, 4.69) is 9.11 Å². The van der Waals surface area contributed by atoms with Gasteiger partial charge in [0.15, 0.2) is 12.2 Å². The normalized spacial score (nSPS) is 11.8. The quantitative estimate of drug-likeness (QED) is 0.726. The predicted octanol–water partition coefficient (Wildman–Crippen LogP) is 4.38. The van der Waals surface area contributed by atoms with Gasteiger partial charge in [-0.25, -0.2) is 4.39 Å². The predicted molar refractivity (Wildman–Crippen MR) is 69.8 cm³/mol.